The molecule has 5 heteroatoms. The molecule has 0 aromatic carbocycles. The van der Waals surface area contributed by atoms with Gasteiger partial charge in [-0.15, -0.1) is 0 Å². The second-order valence-electron chi connectivity index (χ2n) is 5.28. The molecule has 1 aliphatic rings. The fraction of sp³-hybridized carbons (Fsp3) is 0.714. The van der Waals surface area contributed by atoms with Gasteiger partial charge in [0.25, 0.3) is 0 Å². The monoisotopic (exact) mass is 265 g/mol. The van der Waals surface area contributed by atoms with Gasteiger partial charge in [0.2, 0.25) is 5.91 Å². The third-order valence-electron chi connectivity index (χ3n) is 3.71. The fourth-order valence-corrected chi connectivity index (χ4v) is 2.71. The van der Waals surface area contributed by atoms with Crippen molar-refractivity contribution in [3.8, 4) is 0 Å². The van der Waals surface area contributed by atoms with Gasteiger partial charge in [-0.25, -0.2) is 0 Å². The zero-order chi connectivity index (χ0) is 13.8. The molecule has 0 saturated carbocycles. The molecule has 19 heavy (non-hydrogen) atoms. The lowest BCUT2D eigenvalue weighted by Crippen LogP contribution is -2.41. The highest BCUT2D eigenvalue weighted by atomic mass is 16.5. The average Bonchev–Trinajstić information content (AvgIpc) is 2.83. The highest BCUT2D eigenvalue weighted by Crippen LogP contribution is 2.25. The van der Waals surface area contributed by atoms with E-state index in [4.69, 9.17) is 4.74 Å². The molecule has 1 fully saturated rings. The lowest BCUT2D eigenvalue weighted by molar-refractivity contribution is -0.144. The van der Waals surface area contributed by atoms with Crippen LogP contribution in [0.2, 0.25) is 0 Å². The number of aromatic nitrogens is 2. The molecule has 0 radical (unpaired) electrons. The molecule has 1 aromatic rings. The molecule has 0 aliphatic carbocycles. The molecule has 2 rings (SSSR count). The van der Waals surface area contributed by atoms with E-state index in [2.05, 4.69) is 12.0 Å². The summed E-state index contributed by atoms with van der Waals surface area (Å²) in [6, 6.07) is 0. The van der Waals surface area contributed by atoms with Crippen molar-refractivity contribution in [2.45, 2.75) is 38.8 Å². The van der Waals surface area contributed by atoms with Crippen LogP contribution in [0.1, 0.15) is 31.7 Å². The Morgan fingerprint density at radius 3 is 3.05 bits per heavy atom. The molecule has 106 valence electrons. The largest absolute Gasteiger partial charge is 0.377 e. The Bertz CT molecular complexity index is 430. The van der Waals surface area contributed by atoms with Crippen molar-refractivity contribution in [2.24, 2.45) is 13.0 Å². The number of carbonyl (C=O) groups is 1. The predicted octanol–water partition coefficient (Wildman–Crippen LogP) is 1.58. The van der Waals surface area contributed by atoms with Crippen LogP contribution >= 0.6 is 0 Å². The van der Waals surface area contributed by atoms with E-state index >= 15 is 0 Å². The van der Waals surface area contributed by atoms with Crippen LogP contribution in [0.15, 0.2) is 12.4 Å². The Labute approximate surface area is 114 Å². The summed E-state index contributed by atoms with van der Waals surface area (Å²) in [4.78, 5) is 14.3. The van der Waals surface area contributed by atoms with Gasteiger partial charge < -0.3 is 9.64 Å². The first-order valence-corrected chi connectivity index (χ1v) is 6.96. The summed E-state index contributed by atoms with van der Waals surface area (Å²) in [5.74, 6) is 0.204. The quantitative estimate of drug-likeness (QED) is 0.830. The molecule has 0 unspecified atom stereocenters. The maximum absolute atomic E-state index is 12.5. The van der Waals surface area contributed by atoms with Gasteiger partial charge in [0.15, 0.2) is 0 Å². The molecule has 1 aromatic heterocycles. The van der Waals surface area contributed by atoms with Gasteiger partial charge in [0.1, 0.15) is 0 Å². The maximum Gasteiger partial charge on any atom is 0.228 e. The molecule has 0 spiro atoms. The zero-order valence-corrected chi connectivity index (χ0v) is 12.0. The van der Waals surface area contributed by atoms with Gasteiger partial charge in [-0.3, -0.25) is 9.48 Å². The van der Waals surface area contributed by atoms with Crippen LogP contribution in [0.3, 0.4) is 0 Å². The van der Waals surface area contributed by atoms with E-state index in [1.807, 2.05) is 20.3 Å². The Kier molecular flexibility index (Phi) is 4.58. The van der Waals surface area contributed by atoms with Gasteiger partial charge in [-0.05, 0) is 19.3 Å². The van der Waals surface area contributed by atoms with E-state index in [9.17, 15) is 4.79 Å². The summed E-state index contributed by atoms with van der Waals surface area (Å²) in [7, 11) is 3.74. The van der Waals surface area contributed by atoms with Crippen LogP contribution in [-0.4, -0.2) is 40.3 Å². The fourth-order valence-electron chi connectivity index (χ4n) is 2.71. The minimum absolute atomic E-state index is 0.0143. The number of carbonyl (C=O) groups excluding carboxylic acids is 1. The highest BCUT2D eigenvalue weighted by molar-refractivity contribution is 5.79. The number of rotatable bonds is 4. The first-order chi connectivity index (χ1) is 9.11. The number of hydrogen-bond donors (Lipinski definition) is 0. The van der Waals surface area contributed by atoms with Crippen LogP contribution in [0.4, 0.5) is 0 Å². The van der Waals surface area contributed by atoms with Crippen LogP contribution < -0.4 is 0 Å². The Balaban J connectivity index is 1.97. The SMILES string of the molecule is CC[C@@H]1OCCC[C@H]1C(=O)N(C)Cc1cnn(C)c1. The van der Waals surface area contributed by atoms with Crippen molar-refractivity contribution in [3.05, 3.63) is 18.0 Å². The average molecular weight is 265 g/mol. The molecule has 5 nitrogen and oxygen atoms in total. The normalized spacial score (nSPS) is 23.3. The van der Waals surface area contributed by atoms with E-state index in [-0.39, 0.29) is 17.9 Å². The number of hydrogen-bond acceptors (Lipinski definition) is 3. The van der Waals surface area contributed by atoms with E-state index < -0.39 is 0 Å². The summed E-state index contributed by atoms with van der Waals surface area (Å²) >= 11 is 0. The van der Waals surface area contributed by atoms with E-state index in [0.717, 1.165) is 31.4 Å². The topological polar surface area (TPSA) is 47.4 Å². The third-order valence-corrected chi connectivity index (χ3v) is 3.71. The standard InChI is InChI=1S/C14H23N3O2/c1-4-13-12(6-5-7-19-13)14(18)16(2)9-11-8-15-17(3)10-11/h8,10,12-13H,4-7,9H2,1-3H3/t12-,13+/m1/s1. The van der Waals surface area contributed by atoms with Gasteiger partial charge in [-0.2, -0.15) is 5.10 Å². The smallest absolute Gasteiger partial charge is 0.228 e. The number of nitrogens with zero attached hydrogens (tertiary/aromatic N) is 3. The van der Waals surface area contributed by atoms with Crippen LogP contribution in [0.5, 0.6) is 0 Å². The number of amides is 1. The molecule has 2 heterocycles. The van der Waals surface area contributed by atoms with E-state index in [1.54, 1.807) is 15.8 Å². The number of ether oxygens (including phenoxy) is 1. The lowest BCUT2D eigenvalue weighted by atomic mass is 9.91. The molecule has 2 atom stereocenters. The molecule has 1 aliphatic heterocycles. The summed E-state index contributed by atoms with van der Waals surface area (Å²) in [6.45, 7) is 3.48. The summed E-state index contributed by atoms with van der Waals surface area (Å²) in [5, 5.41) is 4.13. The Morgan fingerprint density at radius 1 is 1.63 bits per heavy atom. The van der Waals surface area contributed by atoms with Gasteiger partial charge in [-0.1, -0.05) is 6.92 Å². The van der Waals surface area contributed by atoms with Gasteiger partial charge in [0.05, 0.1) is 18.2 Å². The predicted molar refractivity (Wildman–Crippen MR) is 72.4 cm³/mol. The van der Waals surface area contributed by atoms with Crippen molar-refractivity contribution in [2.75, 3.05) is 13.7 Å². The Morgan fingerprint density at radius 2 is 2.42 bits per heavy atom. The van der Waals surface area contributed by atoms with Gasteiger partial charge in [0, 0.05) is 39.0 Å². The maximum atomic E-state index is 12.5. The zero-order valence-electron chi connectivity index (χ0n) is 12.0. The third kappa shape index (κ3) is 3.35. The second kappa shape index (κ2) is 6.19. The van der Waals surface area contributed by atoms with Crippen molar-refractivity contribution in [1.29, 1.82) is 0 Å². The number of aryl methyl sites for hydroxylation is 1. The van der Waals surface area contributed by atoms with Gasteiger partial charge >= 0.3 is 0 Å². The van der Waals surface area contributed by atoms with Crippen molar-refractivity contribution < 1.29 is 9.53 Å². The molecule has 1 amide bonds. The first-order valence-electron chi connectivity index (χ1n) is 6.96. The lowest BCUT2D eigenvalue weighted by Gasteiger charge is -2.32. The molecule has 1 saturated heterocycles. The van der Waals surface area contributed by atoms with Crippen molar-refractivity contribution in [1.82, 2.24) is 14.7 Å². The van der Waals surface area contributed by atoms with Crippen LogP contribution in [0, 0.1) is 5.92 Å². The highest BCUT2D eigenvalue weighted by Gasteiger charge is 2.32. The summed E-state index contributed by atoms with van der Waals surface area (Å²) in [6.07, 6.45) is 6.65. The van der Waals surface area contributed by atoms with Crippen molar-refractivity contribution in [3.63, 3.8) is 0 Å². The summed E-state index contributed by atoms with van der Waals surface area (Å²) < 4.78 is 7.46. The minimum Gasteiger partial charge on any atom is -0.377 e. The second-order valence-corrected chi connectivity index (χ2v) is 5.28. The van der Waals surface area contributed by atoms with Crippen LogP contribution in [0.25, 0.3) is 0 Å². The van der Waals surface area contributed by atoms with Crippen LogP contribution in [-0.2, 0) is 23.1 Å². The molecular weight excluding hydrogens is 242 g/mol. The summed E-state index contributed by atoms with van der Waals surface area (Å²) in [5.41, 5.74) is 1.06. The van der Waals surface area contributed by atoms with E-state index in [0.29, 0.717) is 6.54 Å². The Hall–Kier alpha value is -1.36. The minimum atomic E-state index is 0.0143. The molecular formula is C14H23N3O2. The van der Waals surface area contributed by atoms with Crippen molar-refractivity contribution >= 4 is 5.91 Å². The van der Waals surface area contributed by atoms with E-state index in [1.165, 1.54) is 0 Å². The first kappa shape index (κ1) is 14.1. The molecule has 0 N–H and O–H groups in total. The molecule has 0 bridgehead atoms.